The first-order chi connectivity index (χ1) is 12.4. The molecule has 2 aromatic rings. The van der Waals surface area contributed by atoms with Crippen molar-refractivity contribution in [3.8, 4) is 0 Å². The molecule has 4 amide bonds. The molecule has 0 radical (unpaired) electrons. The number of barbiturate groups is 1. The summed E-state index contributed by atoms with van der Waals surface area (Å²) < 4.78 is 0.972. The molecule has 0 aromatic heterocycles. The predicted octanol–water partition coefficient (Wildman–Crippen LogP) is 3.51. The number of carbonyl (C=O) groups is 3. The predicted molar refractivity (Wildman–Crippen MR) is 108 cm³/mol. The van der Waals surface area contributed by atoms with Gasteiger partial charge in [0, 0.05) is 9.78 Å². The molecule has 0 saturated carbocycles. The van der Waals surface area contributed by atoms with Crippen LogP contribution in [0.4, 0.5) is 16.2 Å². The Kier molecular flexibility index (Phi) is 5.17. The van der Waals surface area contributed by atoms with Crippen molar-refractivity contribution in [1.29, 1.82) is 0 Å². The molecule has 6 nitrogen and oxygen atoms in total. The van der Waals surface area contributed by atoms with Crippen LogP contribution in [0.2, 0.25) is 0 Å². The Morgan fingerprint density at radius 3 is 2.38 bits per heavy atom. The topological polar surface area (TPSA) is 78.8 Å². The fraction of sp³-hybridized carbons (Fsp3) is 0.158. The smallest absolute Gasteiger partial charge is 0.276 e. The molecular weight excluding hydrogens is 445 g/mol. The third-order valence-corrected chi connectivity index (χ3v) is 4.87. The highest BCUT2D eigenvalue weighted by Gasteiger charge is 2.40. The highest BCUT2D eigenvalue weighted by Crippen LogP contribution is 2.22. The normalized spacial score (nSPS) is 17.7. The van der Waals surface area contributed by atoms with E-state index in [-0.39, 0.29) is 0 Å². The molecule has 0 bridgehead atoms. The monoisotopic (exact) mass is 461 g/mol. The molecule has 2 aromatic carbocycles. The van der Waals surface area contributed by atoms with Crippen molar-refractivity contribution in [1.82, 2.24) is 5.32 Å². The fourth-order valence-electron chi connectivity index (χ4n) is 2.52. The van der Waals surface area contributed by atoms with Gasteiger partial charge in [0.05, 0.1) is 11.4 Å². The number of aliphatic imine (C=N–C) groups is 1. The Morgan fingerprint density at radius 2 is 1.73 bits per heavy atom. The van der Waals surface area contributed by atoms with Gasteiger partial charge in [0.2, 0.25) is 5.91 Å². The van der Waals surface area contributed by atoms with E-state index in [2.05, 4.69) is 32.9 Å². The van der Waals surface area contributed by atoms with Crippen molar-refractivity contribution in [3.05, 3.63) is 57.2 Å². The standard InChI is InChI=1S/C19H16IN3O3/c1-11-3-6-14(9-12(11)2)21-10-16-17(24)22-19(26)23(18(16)25)15-7-4-13(20)5-8-15/h3-10,16H,1-2H3,(H,22,24,26)/t16-/m0/s1. The van der Waals surface area contributed by atoms with Gasteiger partial charge in [-0.2, -0.15) is 0 Å². The number of rotatable bonds is 3. The van der Waals surface area contributed by atoms with Gasteiger partial charge in [0.25, 0.3) is 5.91 Å². The summed E-state index contributed by atoms with van der Waals surface area (Å²) in [6.45, 7) is 3.95. The number of halogens is 1. The summed E-state index contributed by atoms with van der Waals surface area (Å²) in [6.07, 6.45) is 1.29. The van der Waals surface area contributed by atoms with Gasteiger partial charge in [-0.05, 0) is 84.0 Å². The van der Waals surface area contributed by atoms with Crippen molar-refractivity contribution in [2.75, 3.05) is 4.90 Å². The lowest BCUT2D eigenvalue weighted by Gasteiger charge is -2.28. The molecule has 0 unspecified atom stereocenters. The number of urea groups is 1. The van der Waals surface area contributed by atoms with Crippen LogP contribution in [0.5, 0.6) is 0 Å². The van der Waals surface area contributed by atoms with Gasteiger partial charge in [-0.15, -0.1) is 0 Å². The zero-order chi connectivity index (χ0) is 18.8. The van der Waals surface area contributed by atoms with Crippen molar-refractivity contribution in [3.63, 3.8) is 0 Å². The number of hydrogen-bond acceptors (Lipinski definition) is 4. The zero-order valence-electron chi connectivity index (χ0n) is 14.2. The molecule has 1 atom stereocenters. The number of amides is 4. The third kappa shape index (κ3) is 3.67. The number of aryl methyl sites for hydroxylation is 2. The van der Waals surface area contributed by atoms with Gasteiger partial charge in [0.15, 0.2) is 5.92 Å². The van der Waals surface area contributed by atoms with Crippen molar-refractivity contribution >= 4 is 58.0 Å². The van der Waals surface area contributed by atoms with Crippen LogP contribution in [0, 0.1) is 23.3 Å². The quantitative estimate of drug-likeness (QED) is 0.432. The van der Waals surface area contributed by atoms with Gasteiger partial charge in [0.1, 0.15) is 0 Å². The van der Waals surface area contributed by atoms with Crippen LogP contribution in [-0.2, 0) is 9.59 Å². The zero-order valence-corrected chi connectivity index (χ0v) is 16.4. The highest BCUT2D eigenvalue weighted by molar-refractivity contribution is 14.1. The Labute approximate surface area is 164 Å². The van der Waals surface area contributed by atoms with E-state index >= 15 is 0 Å². The summed E-state index contributed by atoms with van der Waals surface area (Å²) in [5.74, 6) is -2.45. The Balaban J connectivity index is 1.88. The second kappa shape index (κ2) is 7.36. The number of hydrogen-bond donors (Lipinski definition) is 1. The Bertz CT molecular complexity index is 922. The summed E-state index contributed by atoms with van der Waals surface area (Å²) in [4.78, 5) is 42.2. The molecule has 1 aliphatic rings. The van der Waals surface area contributed by atoms with Crippen LogP contribution < -0.4 is 10.2 Å². The van der Waals surface area contributed by atoms with E-state index in [0.29, 0.717) is 11.4 Å². The molecule has 1 heterocycles. The molecule has 3 rings (SSSR count). The number of anilines is 1. The van der Waals surface area contributed by atoms with E-state index in [9.17, 15) is 14.4 Å². The summed E-state index contributed by atoms with van der Waals surface area (Å²) >= 11 is 2.13. The molecule has 1 N–H and O–H groups in total. The van der Waals surface area contributed by atoms with Crippen LogP contribution >= 0.6 is 22.6 Å². The number of benzene rings is 2. The van der Waals surface area contributed by atoms with E-state index in [0.717, 1.165) is 19.6 Å². The minimum absolute atomic E-state index is 0.407. The minimum Gasteiger partial charge on any atom is -0.276 e. The number of imide groups is 2. The summed E-state index contributed by atoms with van der Waals surface area (Å²) in [5.41, 5.74) is 3.25. The van der Waals surface area contributed by atoms with E-state index < -0.39 is 23.8 Å². The largest absolute Gasteiger partial charge is 0.335 e. The molecule has 1 fully saturated rings. The first-order valence-corrected chi connectivity index (χ1v) is 9.00. The summed E-state index contributed by atoms with van der Waals surface area (Å²) in [6, 6.07) is 11.7. The number of nitrogens with one attached hydrogen (secondary N) is 1. The van der Waals surface area contributed by atoms with E-state index in [1.165, 1.54) is 6.21 Å². The molecular formula is C19H16IN3O3. The third-order valence-electron chi connectivity index (χ3n) is 4.15. The number of carbonyl (C=O) groups excluding carboxylic acids is 3. The molecule has 132 valence electrons. The molecule has 7 heteroatoms. The highest BCUT2D eigenvalue weighted by atomic mass is 127. The first-order valence-electron chi connectivity index (χ1n) is 7.92. The average molecular weight is 461 g/mol. The van der Waals surface area contributed by atoms with Crippen molar-refractivity contribution in [2.24, 2.45) is 10.9 Å². The fourth-order valence-corrected chi connectivity index (χ4v) is 2.88. The number of nitrogens with zero attached hydrogens (tertiary/aromatic N) is 2. The maximum atomic E-state index is 12.7. The lowest BCUT2D eigenvalue weighted by molar-refractivity contribution is -0.131. The average Bonchev–Trinajstić information content (AvgIpc) is 2.59. The van der Waals surface area contributed by atoms with E-state index in [1.54, 1.807) is 24.3 Å². The molecule has 1 aliphatic heterocycles. The van der Waals surface area contributed by atoms with Crippen molar-refractivity contribution < 1.29 is 14.4 Å². The van der Waals surface area contributed by atoms with Gasteiger partial charge >= 0.3 is 6.03 Å². The van der Waals surface area contributed by atoms with Crippen LogP contribution in [0.25, 0.3) is 0 Å². The van der Waals surface area contributed by atoms with Gasteiger partial charge in [-0.1, -0.05) is 6.07 Å². The molecule has 0 spiro atoms. The van der Waals surface area contributed by atoms with Crippen LogP contribution in [0.1, 0.15) is 11.1 Å². The SMILES string of the molecule is Cc1ccc(N=C[C@H]2C(=O)NC(=O)N(c3ccc(I)cc3)C2=O)cc1C. The second-order valence-electron chi connectivity index (χ2n) is 5.97. The molecule has 0 aliphatic carbocycles. The van der Waals surface area contributed by atoms with Gasteiger partial charge in [-0.3, -0.25) is 19.9 Å². The van der Waals surface area contributed by atoms with Gasteiger partial charge < -0.3 is 0 Å². The van der Waals surface area contributed by atoms with E-state index in [4.69, 9.17) is 0 Å². The lowest BCUT2D eigenvalue weighted by atomic mass is 10.1. The van der Waals surface area contributed by atoms with Crippen LogP contribution in [0.15, 0.2) is 47.5 Å². The van der Waals surface area contributed by atoms with Crippen molar-refractivity contribution in [2.45, 2.75) is 13.8 Å². The van der Waals surface area contributed by atoms with E-state index in [1.807, 2.05) is 32.0 Å². The Hall–Kier alpha value is -2.55. The maximum Gasteiger partial charge on any atom is 0.335 e. The summed E-state index contributed by atoms with van der Waals surface area (Å²) in [7, 11) is 0. The van der Waals surface area contributed by atoms with Crippen LogP contribution in [-0.4, -0.2) is 24.1 Å². The minimum atomic E-state index is -1.16. The second-order valence-corrected chi connectivity index (χ2v) is 7.21. The summed E-state index contributed by atoms with van der Waals surface area (Å²) in [5, 5.41) is 2.21. The molecule has 1 saturated heterocycles. The lowest BCUT2D eigenvalue weighted by Crippen LogP contribution is -2.58. The van der Waals surface area contributed by atoms with Gasteiger partial charge in [-0.25, -0.2) is 9.69 Å². The maximum absolute atomic E-state index is 12.7. The molecule has 26 heavy (non-hydrogen) atoms. The van der Waals surface area contributed by atoms with Crippen LogP contribution in [0.3, 0.4) is 0 Å². The first kappa shape index (κ1) is 18.2. The Morgan fingerprint density at radius 1 is 1.04 bits per heavy atom.